The van der Waals surface area contributed by atoms with Crippen molar-refractivity contribution in [2.45, 2.75) is 52.0 Å². The predicted molar refractivity (Wildman–Crippen MR) is 73.8 cm³/mol. The summed E-state index contributed by atoms with van der Waals surface area (Å²) in [6, 6.07) is 0. The highest BCUT2D eigenvalue weighted by atomic mass is 16.5. The van der Waals surface area contributed by atoms with E-state index in [0.29, 0.717) is 0 Å². The molecule has 0 spiro atoms. The maximum absolute atomic E-state index is 11.7. The highest BCUT2D eigenvalue weighted by Crippen LogP contribution is 2.16. The van der Waals surface area contributed by atoms with Crippen LogP contribution in [0.2, 0.25) is 0 Å². The number of carbonyl (C=O) groups is 1. The van der Waals surface area contributed by atoms with Crippen LogP contribution in [0.1, 0.15) is 46.5 Å². The van der Waals surface area contributed by atoms with Crippen molar-refractivity contribution in [3.63, 3.8) is 0 Å². The number of hydrogen-bond acceptors (Lipinski definition) is 3. The van der Waals surface area contributed by atoms with Crippen LogP contribution >= 0.6 is 0 Å². The summed E-state index contributed by atoms with van der Waals surface area (Å²) in [5.74, 6) is 0. The largest absolute Gasteiger partial charge is 0.453 e. The van der Waals surface area contributed by atoms with Gasteiger partial charge < -0.3 is 14.5 Å². The van der Waals surface area contributed by atoms with E-state index in [1.54, 1.807) is 0 Å². The summed E-state index contributed by atoms with van der Waals surface area (Å²) < 4.78 is 4.85. The maximum Gasteiger partial charge on any atom is 0.409 e. The Morgan fingerprint density at radius 1 is 1.22 bits per heavy atom. The van der Waals surface area contributed by atoms with Gasteiger partial charge in [0.2, 0.25) is 0 Å². The molecule has 4 heteroatoms. The van der Waals surface area contributed by atoms with Gasteiger partial charge in [0.15, 0.2) is 0 Å². The molecule has 1 amide bonds. The Kier molecular flexibility index (Phi) is 5.93. The third kappa shape index (κ3) is 4.84. The van der Waals surface area contributed by atoms with Crippen molar-refractivity contribution in [2.75, 3.05) is 33.3 Å². The van der Waals surface area contributed by atoms with Crippen molar-refractivity contribution in [3.05, 3.63) is 0 Å². The Hall–Kier alpha value is -0.770. The summed E-state index contributed by atoms with van der Waals surface area (Å²) in [5.41, 5.74) is -0.172. The van der Waals surface area contributed by atoms with E-state index in [1.165, 1.54) is 39.5 Å². The minimum absolute atomic E-state index is 0.172. The van der Waals surface area contributed by atoms with E-state index in [0.717, 1.165) is 19.5 Å². The maximum atomic E-state index is 11.7. The van der Waals surface area contributed by atoms with Gasteiger partial charge in [-0.15, -0.1) is 0 Å². The molecule has 1 heterocycles. The molecule has 0 saturated carbocycles. The molecular formula is C14H28N2O2. The van der Waals surface area contributed by atoms with Gasteiger partial charge in [-0.1, -0.05) is 6.42 Å². The predicted octanol–water partition coefficient (Wildman–Crippen LogP) is 2.73. The molecule has 1 rings (SSSR count). The summed E-state index contributed by atoms with van der Waals surface area (Å²) in [5, 5.41) is 0. The monoisotopic (exact) mass is 256 g/mol. The van der Waals surface area contributed by atoms with E-state index in [4.69, 9.17) is 4.74 Å². The fourth-order valence-corrected chi connectivity index (χ4v) is 2.45. The highest BCUT2D eigenvalue weighted by molar-refractivity contribution is 5.68. The summed E-state index contributed by atoms with van der Waals surface area (Å²) in [6.45, 7) is 10.4. The fraction of sp³-hybridized carbons (Fsp3) is 0.929. The molecule has 1 aliphatic rings. The molecule has 0 aromatic rings. The van der Waals surface area contributed by atoms with Crippen molar-refractivity contribution in [1.82, 2.24) is 9.80 Å². The Morgan fingerprint density at radius 3 is 2.33 bits per heavy atom. The number of methoxy groups -OCH3 is 1. The minimum Gasteiger partial charge on any atom is -0.453 e. The number of carbonyl (C=O) groups excluding carboxylic acids is 1. The smallest absolute Gasteiger partial charge is 0.409 e. The van der Waals surface area contributed by atoms with Crippen molar-refractivity contribution < 1.29 is 9.53 Å². The van der Waals surface area contributed by atoms with Crippen LogP contribution in [0.3, 0.4) is 0 Å². The molecule has 0 radical (unpaired) electrons. The number of likely N-dealkylation sites (tertiary alicyclic amines) is 1. The van der Waals surface area contributed by atoms with Crippen molar-refractivity contribution in [3.8, 4) is 0 Å². The third-order valence-electron chi connectivity index (χ3n) is 3.51. The topological polar surface area (TPSA) is 32.8 Å². The number of ether oxygens (including phenoxy) is 1. The first-order chi connectivity index (χ1) is 8.45. The second kappa shape index (κ2) is 6.98. The Bertz CT molecular complexity index is 255. The molecule has 106 valence electrons. The Labute approximate surface area is 111 Å². The molecule has 0 atom stereocenters. The molecule has 0 unspecified atom stereocenters. The molecule has 0 aromatic carbocycles. The molecule has 0 bridgehead atoms. The van der Waals surface area contributed by atoms with Gasteiger partial charge in [-0.05, 0) is 59.7 Å². The van der Waals surface area contributed by atoms with E-state index in [1.807, 2.05) is 25.7 Å². The van der Waals surface area contributed by atoms with E-state index in [2.05, 4.69) is 4.90 Å². The first-order valence-electron chi connectivity index (χ1n) is 7.03. The van der Waals surface area contributed by atoms with Crippen LogP contribution in [-0.4, -0.2) is 54.7 Å². The number of amides is 1. The lowest BCUT2D eigenvalue weighted by molar-refractivity contribution is 0.0800. The Morgan fingerprint density at radius 2 is 1.83 bits per heavy atom. The first-order valence-corrected chi connectivity index (χ1v) is 7.03. The van der Waals surface area contributed by atoms with Crippen LogP contribution in [0.4, 0.5) is 4.79 Å². The summed E-state index contributed by atoms with van der Waals surface area (Å²) >= 11 is 0. The molecular weight excluding hydrogens is 228 g/mol. The second-order valence-electron chi connectivity index (χ2n) is 6.05. The number of piperidine rings is 1. The number of nitrogens with zero attached hydrogens (tertiary/aromatic N) is 2. The molecule has 18 heavy (non-hydrogen) atoms. The van der Waals surface area contributed by atoms with Gasteiger partial charge in [0, 0.05) is 12.1 Å². The summed E-state index contributed by atoms with van der Waals surface area (Å²) in [4.78, 5) is 16.0. The molecule has 4 nitrogen and oxygen atoms in total. The van der Waals surface area contributed by atoms with Gasteiger partial charge in [0.25, 0.3) is 0 Å². The standard InChI is InChI=1S/C14H28N2O2/c1-14(2,3)16(13(17)18-4)12-8-11-15-9-6-5-7-10-15/h5-12H2,1-4H3. The van der Waals surface area contributed by atoms with Crippen LogP contribution in [0, 0.1) is 0 Å². The molecule has 0 N–H and O–H groups in total. The molecule has 1 saturated heterocycles. The SMILES string of the molecule is COC(=O)N(CCCN1CCCCC1)C(C)(C)C. The summed E-state index contributed by atoms with van der Waals surface area (Å²) in [6.07, 6.45) is 4.81. The van der Waals surface area contributed by atoms with Crippen molar-refractivity contribution in [2.24, 2.45) is 0 Å². The lowest BCUT2D eigenvalue weighted by atomic mass is 10.1. The van der Waals surface area contributed by atoms with Gasteiger partial charge >= 0.3 is 6.09 Å². The minimum atomic E-state index is -0.221. The highest BCUT2D eigenvalue weighted by Gasteiger charge is 2.26. The fourth-order valence-electron chi connectivity index (χ4n) is 2.45. The Balaban J connectivity index is 2.35. The zero-order valence-corrected chi connectivity index (χ0v) is 12.4. The molecule has 0 aliphatic carbocycles. The number of hydrogen-bond donors (Lipinski definition) is 0. The third-order valence-corrected chi connectivity index (χ3v) is 3.51. The molecule has 1 fully saturated rings. The zero-order chi connectivity index (χ0) is 13.6. The van der Waals surface area contributed by atoms with E-state index in [9.17, 15) is 4.79 Å². The first kappa shape index (κ1) is 15.3. The van der Waals surface area contributed by atoms with Gasteiger partial charge in [-0.2, -0.15) is 0 Å². The quantitative estimate of drug-likeness (QED) is 0.775. The van der Waals surface area contributed by atoms with Gasteiger partial charge in [0.1, 0.15) is 0 Å². The zero-order valence-electron chi connectivity index (χ0n) is 12.4. The van der Waals surface area contributed by atoms with E-state index in [-0.39, 0.29) is 11.6 Å². The van der Waals surface area contributed by atoms with Crippen LogP contribution in [0.5, 0.6) is 0 Å². The summed E-state index contributed by atoms with van der Waals surface area (Å²) in [7, 11) is 1.45. The molecule has 0 aromatic heterocycles. The van der Waals surface area contributed by atoms with E-state index < -0.39 is 0 Å². The van der Waals surface area contributed by atoms with Crippen LogP contribution in [0.15, 0.2) is 0 Å². The van der Waals surface area contributed by atoms with Gasteiger partial charge in [-0.25, -0.2) is 4.79 Å². The lowest BCUT2D eigenvalue weighted by Crippen LogP contribution is -2.46. The van der Waals surface area contributed by atoms with Gasteiger partial charge in [0.05, 0.1) is 7.11 Å². The average Bonchev–Trinajstić information content (AvgIpc) is 2.33. The van der Waals surface area contributed by atoms with Crippen molar-refractivity contribution in [1.29, 1.82) is 0 Å². The van der Waals surface area contributed by atoms with Gasteiger partial charge in [-0.3, -0.25) is 0 Å². The van der Waals surface area contributed by atoms with Crippen molar-refractivity contribution >= 4 is 6.09 Å². The second-order valence-corrected chi connectivity index (χ2v) is 6.05. The lowest BCUT2D eigenvalue weighted by Gasteiger charge is -2.35. The average molecular weight is 256 g/mol. The number of rotatable bonds is 4. The van der Waals surface area contributed by atoms with Crippen LogP contribution in [0.25, 0.3) is 0 Å². The van der Waals surface area contributed by atoms with Crippen LogP contribution < -0.4 is 0 Å². The van der Waals surface area contributed by atoms with Crippen LogP contribution in [-0.2, 0) is 4.74 Å². The van der Waals surface area contributed by atoms with E-state index >= 15 is 0 Å². The normalized spacial score (nSPS) is 17.6. The molecule has 1 aliphatic heterocycles.